The fourth-order valence-electron chi connectivity index (χ4n) is 2.37. The van der Waals surface area contributed by atoms with Gasteiger partial charge in [-0.2, -0.15) is 0 Å². The molecule has 0 bridgehead atoms. The number of ether oxygens (including phenoxy) is 1. The molecule has 0 unspecified atom stereocenters. The quantitative estimate of drug-likeness (QED) is 0.866. The molecule has 0 amide bonds. The van der Waals surface area contributed by atoms with Gasteiger partial charge in [0.1, 0.15) is 17.5 Å². The van der Waals surface area contributed by atoms with E-state index < -0.39 is 0 Å². The number of aryl methyl sites for hydroxylation is 1. The van der Waals surface area contributed by atoms with Crippen LogP contribution >= 0.6 is 0 Å². The normalized spacial score (nSPS) is 18.8. The molecular formula is C13H22N4O. The van der Waals surface area contributed by atoms with E-state index in [0.29, 0.717) is 0 Å². The molecule has 1 saturated heterocycles. The molecule has 0 spiro atoms. The Balaban J connectivity index is 2.46. The Morgan fingerprint density at radius 2 is 2.00 bits per heavy atom. The molecule has 0 aliphatic carbocycles. The predicted molar refractivity (Wildman–Crippen MR) is 73.3 cm³/mol. The number of anilines is 2. The van der Waals surface area contributed by atoms with E-state index in [1.54, 1.807) is 0 Å². The van der Waals surface area contributed by atoms with Crippen LogP contribution in [0.25, 0.3) is 0 Å². The van der Waals surface area contributed by atoms with Gasteiger partial charge in [-0.1, -0.05) is 0 Å². The monoisotopic (exact) mass is 250 g/mol. The molecule has 5 heteroatoms. The van der Waals surface area contributed by atoms with Crippen LogP contribution < -0.4 is 10.2 Å². The van der Waals surface area contributed by atoms with Crippen LogP contribution in [-0.2, 0) is 4.74 Å². The van der Waals surface area contributed by atoms with E-state index >= 15 is 0 Å². The van der Waals surface area contributed by atoms with E-state index in [-0.39, 0.29) is 5.54 Å². The zero-order chi connectivity index (χ0) is 13.3. The highest BCUT2D eigenvalue weighted by Crippen LogP contribution is 2.30. The number of morpholine rings is 1. The van der Waals surface area contributed by atoms with E-state index in [1.165, 1.54) is 0 Å². The molecular weight excluding hydrogens is 228 g/mol. The van der Waals surface area contributed by atoms with Crippen molar-refractivity contribution in [1.82, 2.24) is 9.97 Å². The third-order valence-electron chi connectivity index (χ3n) is 3.37. The number of hydrogen-bond acceptors (Lipinski definition) is 5. The van der Waals surface area contributed by atoms with Gasteiger partial charge >= 0.3 is 0 Å². The number of rotatable bonds is 2. The summed E-state index contributed by atoms with van der Waals surface area (Å²) in [6, 6.07) is 0. The van der Waals surface area contributed by atoms with Crippen LogP contribution in [0, 0.1) is 13.8 Å². The molecule has 0 radical (unpaired) electrons. The summed E-state index contributed by atoms with van der Waals surface area (Å²) in [5.74, 6) is 2.71. The summed E-state index contributed by atoms with van der Waals surface area (Å²) in [5, 5.41) is 3.13. The minimum Gasteiger partial charge on any atom is -0.377 e. The molecule has 1 fully saturated rings. The van der Waals surface area contributed by atoms with Crippen molar-refractivity contribution in [3.05, 3.63) is 11.4 Å². The van der Waals surface area contributed by atoms with Gasteiger partial charge in [-0.05, 0) is 27.7 Å². The Hall–Kier alpha value is -1.36. The molecule has 5 nitrogen and oxygen atoms in total. The average molecular weight is 250 g/mol. The van der Waals surface area contributed by atoms with Gasteiger partial charge in [-0.25, -0.2) is 9.97 Å². The number of nitrogens with one attached hydrogen (secondary N) is 1. The van der Waals surface area contributed by atoms with Crippen LogP contribution in [0.5, 0.6) is 0 Å². The third kappa shape index (κ3) is 2.27. The maximum atomic E-state index is 5.56. The number of nitrogens with zero attached hydrogens (tertiary/aromatic N) is 3. The Kier molecular flexibility index (Phi) is 3.43. The van der Waals surface area contributed by atoms with E-state index in [1.807, 2.05) is 14.0 Å². The van der Waals surface area contributed by atoms with Crippen molar-refractivity contribution in [3.8, 4) is 0 Å². The van der Waals surface area contributed by atoms with Crippen LogP contribution in [0.3, 0.4) is 0 Å². The lowest BCUT2D eigenvalue weighted by molar-refractivity contribution is 0.0638. The van der Waals surface area contributed by atoms with E-state index in [0.717, 1.165) is 42.8 Å². The standard InChI is InChI=1S/C13H22N4O/c1-9-11(14-5)15-10(2)16-12(9)17-6-7-18-8-13(17,3)4/h6-8H2,1-5H3,(H,14,15,16). The highest BCUT2D eigenvalue weighted by atomic mass is 16.5. The molecule has 1 aromatic heterocycles. The van der Waals surface area contributed by atoms with Crippen molar-refractivity contribution in [2.75, 3.05) is 37.0 Å². The predicted octanol–water partition coefficient (Wildman–Crippen LogP) is 1.75. The maximum absolute atomic E-state index is 5.56. The molecule has 18 heavy (non-hydrogen) atoms. The zero-order valence-electron chi connectivity index (χ0n) is 11.9. The second-order valence-corrected chi connectivity index (χ2v) is 5.33. The Labute approximate surface area is 109 Å². The molecule has 1 aromatic rings. The van der Waals surface area contributed by atoms with E-state index in [2.05, 4.69) is 41.0 Å². The fourth-order valence-corrected chi connectivity index (χ4v) is 2.37. The van der Waals surface area contributed by atoms with Crippen molar-refractivity contribution in [2.45, 2.75) is 33.2 Å². The summed E-state index contributed by atoms with van der Waals surface area (Å²) in [4.78, 5) is 11.4. The molecule has 2 rings (SSSR count). The lowest BCUT2D eigenvalue weighted by Crippen LogP contribution is -2.53. The molecule has 100 valence electrons. The van der Waals surface area contributed by atoms with Crippen LogP contribution in [0.2, 0.25) is 0 Å². The first-order chi connectivity index (χ1) is 8.45. The lowest BCUT2D eigenvalue weighted by atomic mass is 10.0. The van der Waals surface area contributed by atoms with Gasteiger partial charge in [0.25, 0.3) is 0 Å². The smallest absolute Gasteiger partial charge is 0.137 e. The highest BCUT2D eigenvalue weighted by molar-refractivity contribution is 5.59. The van der Waals surface area contributed by atoms with Crippen molar-refractivity contribution in [3.63, 3.8) is 0 Å². The van der Waals surface area contributed by atoms with Gasteiger partial charge in [-0.15, -0.1) is 0 Å². The van der Waals surface area contributed by atoms with Gasteiger partial charge in [-0.3, -0.25) is 0 Å². The van der Waals surface area contributed by atoms with Crippen LogP contribution in [-0.4, -0.2) is 42.3 Å². The molecule has 0 saturated carbocycles. The Morgan fingerprint density at radius 3 is 2.61 bits per heavy atom. The summed E-state index contributed by atoms with van der Waals surface area (Å²) in [7, 11) is 1.89. The van der Waals surface area contributed by atoms with Crippen molar-refractivity contribution in [2.24, 2.45) is 0 Å². The largest absolute Gasteiger partial charge is 0.377 e. The minimum absolute atomic E-state index is 0.0329. The summed E-state index contributed by atoms with van der Waals surface area (Å²) in [5.41, 5.74) is 1.06. The molecule has 0 aromatic carbocycles. The number of aromatic nitrogens is 2. The van der Waals surface area contributed by atoms with Crippen molar-refractivity contribution < 1.29 is 4.74 Å². The van der Waals surface area contributed by atoms with Crippen molar-refractivity contribution in [1.29, 1.82) is 0 Å². The van der Waals surface area contributed by atoms with E-state index in [4.69, 9.17) is 4.74 Å². The van der Waals surface area contributed by atoms with Gasteiger partial charge in [0.15, 0.2) is 0 Å². The van der Waals surface area contributed by atoms with Crippen LogP contribution in [0.4, 0.5) is 11.6 Å². The molecule has 1 N–H and O–H groups in total. The first-order valence-electron chi connectivity index (χ1n) is 6.34. The first kappa shape index (κ1) is 13.1. The van der Waals surface area contributed by atoms with Gasteiger partial charge in [0, 0.05) is 19.2 Å². The second-order valence-electron chi connectivity index (χ2n) is 5.33. The summed E-state index contributed by atoms with van der Waals surface area (Å²) in [6.45, 7) is 10.7. The topological polar surface area (TPSA) is 50.3 Å². The highest BCUT2D eigenvalue weighted by Gasteiger charge is 2.33. The summed E-state index contributed by atoms with van der Waals surface area (Å²) >= 11 is 0. The Bertz CT molecular complexity index is 445. The van der Waals surface area contributed by atoms with Crippen LogP contribution in [0.1, 0.15) is 25.2 Å². The number of hydrogen-bond donors (Lipinski definition) is 1. The van der Waals surface area contributed by atoms with Crippen LogP contribution in [0.15, 0.2) is 0 Å². The molecule has 2 heterocycles. The summed E-state index contributed by atoms with van der Waals surface area (Å²) < 4.78 is 5.56. The van der Waals surface area contributed by atoms with Gasteiger partial charge in [0.05, 0.1) is 18.8 Å². The maximum Gasteiger partial charge on any atom is 0.137 e. The Morgan fingerprint density at radius 1 is 1.28 bits per heavy atom. The van der Waals surface area contributed by atoms with Gasteiger partial charge < -0.3 is 15.0 Å². The lowest BCUT2D eigenvalue weighted by Gasteiger charge is -2.43. The molecule has 1 aliphatic heterocycles. The molecule has 1 aliphatic rings. The van der Waals surface area contributed by atoms with Gasteiger partial charge in [0.2, 0.25) is 0 Å². The molecule has 0 atom stereocenters. The average Bonchev–Trinajstić information content (AvgIpc) is 2.31. The fraction of sp³-hybridized carbons (Fsp3) is 0.692. The SMILES string of the molecule is CNc1nc(C)nc(N2CCOCC2(C)C)c1C. The summed E-state index contributed by atoms with van der Waals surface area (Å²) in [6.07, 6.45) is 0. The van der Waals surface area contributed by atoms with Crippen molar-refractivity contribution >= 4 is 11.6 Å². The van der Waals surface area contributed by atoms with E-state index in [9.17, 15) is 0 Å². The third-order valence-corrected chi connectivity index (χ3v) is 3.37. The second kappa shape index (κ2) is 4.72. The first-order valence-corrected chi connectivity index (χ1v) is 6.34. The minimum atomic E-state index is -0.0329. The zero-order valence-corrected chi connectivity index (χ0v) is 11.9.